The van der Waals surface area contributed by atoms with E-state index in [0.29, 0.717) is 34.9 Å². The maximum absolute atomic E-state index is 12.9. The zero-order valence-corrected chi connectivity index (χ0v) is 26.9. The first-order valence-corrected chi connectivity index (χ1v) is 16.6. The number of nitrogens with one attached hydrogen (secondary N) is 1. The SMILES string of the molecule is CCCOCCn1ccc(Cn2c(C#N)cc3c(C)c(CN4CCC(Nc5ncnc6sc(CC(F)(F)F)cc56)CC4)ccc32)c1. The highest BCUT2D eigenvalue weighted by molar-refractivity contribution is 7.18. The molecule has 0 amide bonds. The normalized spacial score (nSPS) is 14.8. The molecule has 0 unspecified atom stereocenters. The van der Waals surface area contributed by atoms with E-state index in [-0.39, 0.29) is 10.9 Å². The predicted molar refractivity (Wildman–Crippen MR) is 175 cm³/mol. The third kappa shape index (κ3) is 7.38. The Balaban J connectivity index is 1.09. The fourth-order valence-electron chi connectivity index (χ4n) is 6.25. The summed E-state index contributed by atoms with van der Waals surface area (Å²) in [7, 11) is 0. The van der Waals surface area contributed by atoms with Gasteiger partial charge in [-0.2, -0.15) is 18.4 Å². The smallest absolute Gasteiger partial charge is 0.380 e. The Labute approximate surface area is 270 Å². The molecular formula is C34H38F3N7OS. The van der Waals surface area contributed by atoms with Gasteiger partial charge < -0.3 is 19.2 Å². The fraction of sp³-hybridized carbons (Fsp3) is 0.441. The second-order valence-corrected chi connectivity index (χ2v) is 13.1. The molecule has 1 aliphatic heterocycles. The van der Waals surface area contributed by atoms with E-state index in [2.05, 4.69) is 79.8 Å². The van der Waals surface area contributed by atoms with E-state index in [9.17, 15) is 18.4 Å². The van der Waals surface area contributed by atoms with Crippen molar-refractivity contribution in [3.05, 3.63) is 76.3 Å². The maximum atomic E-state index is 12.9. The Hall–Kier alpha value is -3.92. The van der Waals surface area contributed by atoms with E-state index >= 15 is 0 Å². The van der Waals surface area contributed by atoms with Gasteiger partial charge in [0, 0.05) is 67.0 Å². The number of likely N-dealkylation sites (tertiary alicyclic amines) is 1. The predicted octanol–water partition coefficient (Wildman–Crippen LogP) is 7.28. The number of hydrogen-bond donors (Lipinski definition) is 1. The molecule has 242 valence electrons. The summed E-state index contributed by atoms with van der Waals surface area (Å²) in [6, 6.07) is 12.6. The number of hydrogen-bond acceptors (Lipinski definition) is 7. The largest absolute Gasteiger partial charge is 0.393 e. The van der Waals surface area contributed by atoms with Crippen LogP contribution in [0.3, 0.4) is 0 Å². The summed E-state index contributed by atoms with van der Waals surface area (Å²) < 4.78 is 48.7. The minimum Gasteiger partial charge on any atom is -0.380 e. The monoisotopic (exact) mass is 649 g/mol. The van der Waals surface area contributed by atoms with Crippen LogP contribution in [0, 0.1) is 18.3 Å². The highest BCUT2D eigenvalue weighted by atomic mass is 32.1. The molecule has 5 aromatic rings. The van der Waals surface area contributed by atoms with Gasteiger partial charge in [0.1, 0.15) is 28.7 Å². The molecule has 5 heterocycles. The molecule has 0 aliphatic carbocycles. The molecule has 1 fully saturated rings. The summed E-state index contributed by atoms with van der Waals surface area (Å²) in [5.74, 6) is 0.602. The van der Waals surface area contributed by atoms with Gasteiger partial charge >= 0.3 is 6.18 Å². The van der Waals surface area contributed by atoms with Crippen molar-refractivity contribution in [1.29, 1.82) is 5.26 Å². The zero-order valence-electron chi connectivity index (χ0n) is 26.1. The molecule has 0 atom stereocenters. The van der Waals surface area contributed by atoms with Gasteiger partial charge in [-0.25, -0.2) is 9.97 Å². The first kappa shape index (κ1) is 32.0. The molecular weight excluding hydrogens is 611 g/mol. The van der Waals surface area contributed by atoms with Crippen molar-refractivity contribution in [2.45, 2.75) is 71.4 Å². The lowest BCUT2D eigenvalue weighted by Crippen LogP contribution is -2.39. The minimum atomic E-state index is -4.25. The van der Waals surface area contributed by atoms with Crippen LogP contribution < -0.4 is 5.32 Å². The molecule has 1 N–H and O–H groups in total. The number of ether oxygens (including phenoxy) is 1. The van der Waals surface area contributed by atoms with Gasteiger partial charge in [-0.1, -0.05) is 13.0 Å². The van der Waals surface area contributed by atoms with Gasteiger partial charge in [-0.15, -0.1) is 11.3 Å². The van der Waals surface area contributed by atoms with Crippen LogP contribution in [-0.2, 0) is 30.8 Å². The van der Waals surface area contributed by atoms with Crippen LogP contribution in [0.2, 0.25) is 0 Å². The first-order chi connectivity index (χ1) is 22.2. The van der Waals surface area contributed by atoms with Gasteiger partial charge in [0.2, 0.25) is 0 Å². The molecule has 8 nitrogen and oxygen atoms in total. The third-order valence-electron chi connectivity index (χ3n) is 8.65. The highest BCUT2D eigenvalue weighted by Crippen LogP contribution is 2.33. The third-order valence-corrected chi connectivity index (χ3v) is 9.70. The van der Waals surface area contributed by atoms with Crippen molar-refractivity contribution in [2.75, 3.05) is 31.6 Å². The number of benzene rings is 1. The van der Waals surface area contributed by atoms with Gasteiger partial charge in [0.15, 0.2) is 0 Å². The van der Waals surface area contributed by atoms with E-state index in [1.54, 1.807) is 6.07 Å². The topological polar surface area (TPSA) is 83.9 Å². The number of aromatic nitrogens is 4. The van der Waals surface area contributed by atoms with Gasteiger partial charge in [-0.3, -0.25) is 4.90 Å². The Morgan fingerprint density at radius 3 is 2.67 bits per heavy atom. The van der Waals surface area contributed by atoms with Crippen molar-refractivity contribution in [1.82, 2.24) is 24.0 Å². The lowest BCUT2D eigenvalue weighted by atomic mass is 10.0. The second kappa shape index (κ2) is 13.8. The second-order valence-electron chi connectivity index (χ2n) is 12.0. The summed E-state index contributed by atoms with van der Waals surface area (Å²) in [6.07, 6.45) is 3.20. The summed E-state index contributed by atoms with van der Waals surface area (Å²) in [4.78, 5) is 11.8. The van der Waals surface area contributed by atoms with Crippen LogP contribution in [0.4, 0.5) is 19.0 Å². The summed E-state index contributed by atoms with van der Waals surface area (Å²) >= 11 is 1.07. The molecule has 12 heteroatoms. The molecule has 1 aliphatic rings. The number of halogens is 3. The summed E-state index contributed by atoms with van der Waals surface area (Å²) in [6.45, 7) is 9.71. The van der Waals surface area contributed by atoms with Gasteiger partial charge in [-0.05, 0) is 67.1 Å². The number of thiophene rings is 1. The number of rotatable bonds is 12. The Morgan fingerprint density at radius 1 is 1.09 bits per heavy atom. The Bertz CT molecular complexity index is 1840. The Kier molecular flexibility index (Phi) is 9.63. The summed E-state index contributed by atoms with van der Waals surface area (Å²) in [5.41, 5.74) is 5.28. The van der Waals surface area contributed by atoms with Crippen molar-refractivity contribution in [3.63, 3.8) is 0 Å². The molecule has 0 radical (unpaired) electrons. The standard InChI is InChI=1S/C34H38F3N7OS/c1-3-13-45-14-12-43-9-6-24(19-43)20-44-27(18-38)15-29-23(2)25(4-5-31(29)44)21-42-10-7-26(8-11-42)41-32-30-16-28(17-34(35,36)37)46-33(30)40-22-39-32/h4-6,9,15-16,19,22,26H,3,7-8,10-14,17,20-21H2,1-2H3,(H,39,40,41). The van der Waals surface area contributed by atoms with Gasteiger partial charge in [0.05, 0.1) is 25.0 Å². The molecule has 1 saturated heterocycles. The van der Waals surface area contributed by atoms with E-state index in [1.807, 2.05) is 6.07 Å². The van der Waals surface area contributed by atoms with Crippen molar-refractivity contribution < 1.29 is 17.9 Å². The molecule has 1 aromatic carbocycles. The van der Waals surface area contributed by atoms with Crippen molar-refractivity contribution in [2.24, 2.45) is 0 Å². The van der Waals surface area contributed by atoms with Crippen LogP contribution in [0.25, 0.3) is 21.1 Å². The maximum Gasteiger partial charge on any atom is 0.393 e. The molecule has 46 heavy (non-hydrogen) atoms. The first-order valence-electron chi connectivity index (χ1n) is 15.7. The van der Waals surface area contributed by atoms with Crippen LogP contribution in [0.1, 0.15) is 53.4 Å². The van der Waals surface area contributed by atoms with E-state index in [1.165, 1.54) is 17.5 Å². The average molecular weight is 650 g/mol. The van der Waals surface area contributed by atoms with Crippen LogP contribution in [0.5, 0.6) is 0 Å². The molecule has 0 spiro atoms. The number of anilines is 1. The Morgan fingerprint density at radius 2 is 1.91 bits per heavy atom. The number of nitriles is 1. The quantitative estimate of drug-likeness (QED) is 0.143. The van der Waals surface area contributed by atoms with Crippen LogP contribution in [-0.4, -0.2) is 62.5 Å². The van der Waals surface area contributed by atoms with Crippen LogP contribution >= 0.6 is 11.3 Å². The van der Waals surface area contributed by atoms with E-state index in [4.69, 9.17) is 4.74 Å². The fourth-order valence-corrected chi connectivity index (χ4v) is 7.28. The average Bonchev–Trinajstić information content (AvgIpc) is 3.74. The lowest BCUT2D eigenvalue weighted by Gasteiger charge is -2.33. The zero-order chi connectivity index (χ0) is 32.3. The minimum absolute atomic E-state index is 0.176. The molecule has 0 bridgehead atoms. The van der Waals surface area contributed by atoms with E-state index < -0.39 is 12.6 Å². The van der Waals surface area contributed by atoms with Crippen LogP contribution in [0.15, 0.2) is 49.1 Å². The van der Waals surface area contributed by atoms with Gasteiger partial charge in [0.25, 0.3) is 0 Å². The number of aryl methyl sites for hydroxylation is 1. The number of alkyl halides is 3. The molecule has 6 rings (SSSR count). The van der Waals surface area contributed by atoms with Crippen molar-refractivity contribution in [3.8, 4) is 6.07 Å². The van der Waals surface area contributed by atoms with E-state index in [0.717, 1.165) is 79.9 Å². The lowest BCUT2D eigenvalue weighted by molar-refractivity contribution is -0.126. The highest BCUT2D eigenvalue weighted by Gasteiger charge is 2.29. The van der Waals surface area contributed by atoms with Crippen molar-refractivity contribution >= 4 is 38.3 Å². The number of piperidine rings is 1. The number of fused-ring (bicyclic) bond motifs is 2. The number of nitrogens with zero attached hydrogens (tertiary/aromatic N) is 6. The molecule has 4 aromatic heterocycles. The molecule has 0 saturated carbocycles. The summed E-state index contributed by atoms with van der Waals surface area (Å²) in [5, 5.41) is 15.2.